The number of carbonyl (C=O) groups is 1. The van der Waals surface area contributed by atoms with Gasteiger partial charge in [0.2, 0.25) is 0 Å². The van der Waals surface area contributed by atoms with E-state index < -0.39 is 0 Å². The summed E-state index contributed by atoms with van der Waals surface area (Å²) in [7, 11) is 0. The van der Waals surface area contributed by atoms with Crippen molar-refractivity contribution in [1.29, 1.82) is 0 Å². The molecule has 0 saturated heterocycles. The Morgan fingerprint density at radius 3 is 2.45 bits per heavy atom. The number of aryl methyl sites for hydroxylation is 1. The maximum absolute atomic E-state index is 12.1. The van der Waals surface area contributed by atoms with E-state index in [1.165, 1.54) is 0 Å². The van der Waals surface area contributed by atoms with Gasteiger partial charge in [0.1, 0.15) is 6.61 Å². The summed E-state index contributed by atoms with van der Waals surface area (Å²) in [5, 5.41) is 0. The predicted molar refractivity (Wildman–Crippen MR) is 80.5 cm³/mol. The second-order valence-corrected chi connectivity index (χ2v) is 4.97. The monoisotopic (exact) mass is 281 g/mol. The Hall–Kier alpha value is -1.13. The fourth-order valence-corrected chi connectivity index (χ4v) is 2.28. The van der Waals surface area contributed by atoms with Crippen molar-refractivity contribution in [1.82, 2.24) is 4.57 Å². The first kappa shape index (κ1) is 16.9. The van der Waals surface area contributed by atoms with Crippen molar-refractivity contribution in [3.63, 3.8) is 0 Å². The van der Waals surface area contributed by atoms with E-state index in [9.17, 15) is 4.79 Å². The zero-order valence-corrected chi connectivity index (χ0v) is 13.2. The molecular formula is C16H27NO3. The predicted octanol–water partition coefficient (Wildman–Crippen LogP) is 3.14. The number of ketones is 1. The lowest BCUT2D eigenvalue weighted by atomic mass is 10.1. The number of rotatable bonds is 10. The van der Waals surface area contributed by atoms with Crippen LogP contribution in [0.25, 0.3) is 0 Å². The molecule has 4 heteroatoms. The topological polar surface area (TPSA) is 40.5 Å². The molecule has 0 aliphatic carbocycles. The number of unbranched alkanes of at least 4 members (excludes halogenated alkanes) is 1. The maximum Gasteiger partial charge on any atom is 0.190 e. The van der Waals surface area contributed by atoms with Gasteiger partial charge in [-0.25, -0.2) is 0 Å². The summed E-state index contributed by atoms with van der Waals surface area (Å²) in [5.74, 6) is 0.0476. The third-order valence-corrected chi connectivity index (χ3v) is 3.44. The first-order valence-corrected chi connectivity index (χ1v) is 7.47. The maximum atomic E-state index is 12.1. The Bertz CT molecular complexity index is 424. The molecule has 114 valence electrons. The van der Waals surface area contributed by atoms with Crippen LogP contribution >= 0.6 is 0 Å². The highest BCUT2D eigenvalue weighted by Crippen LogP contribution is 2.15. The molecule has 0 atom stereocenters. The average molecular weight is 281 g/mol. The standard InChI is InChI=1S/C16H27NO3/c1-5-7-8-19-9-10-20-12-16(18)15-11-13(3)17(6-2)14(15)4/h11H,5-10,12H2,1-4H3. The molecule has 1 rings (SSSR count). The Labute approximate surface area is 122 Å². The number of nitrogens with zero attached hydrogens (tertiary/aromatic N) is 1. The van der Waals surface area contributed by atoms with Gasteiger partial charge in [0.15, 0.2) is 5.78 Å². The highest BCUT2D eigenvalue weighted by Gasteiger charge is 2.14. The van der Waals surface area contributed by atoms with Crippen LogP contribution < -0.4 is 0 Å². The molecular weight excluding hydrogens is 254 g/mol. The zero-order valence-electron chi connectivity index (χ0n) is 13.2. The van der Waals surface area contributed by atoms with Crippen LogP contribution in [-0.2, 0) is 16.0 Å². The molecule has 20 heavy (non-hydrogen) atoms. The van der Waals surface area contributed by atoms with Gasteiger partial charge in [0, 0.05) is 30.1 Å². The second-order valence-electron chi connectivity index (χ2n) is 4.97. The molecule has 0 amide bonds. The molecule has 0 saturated carbocycles. The second kappa shape index (κ2) is 8.93. The van der Waals surface area contributed by atoms with Gasteiger partial charge in [-0.15, -0.1) is 0 Å². The van der Waals surface area contributed by atoms with Crippen molar-refractivity contribution >= 4 is 5.78 Å². The number of Topliss-reactive ketones (excluding diaryl/α,β-unsaturated/α-hetero) is 1. The molecule has 1 aromatic heterocycles. The highest BCUT2D eigenvalue weighted by molar-refractivity contribution is 5.98. The van der Waals surface area contributed by atoms with Crippen LogP contribution in [0.2, 0.25) is 0 Å². The van der Waals surface area contributed by atoms with Crippen LogP contribution in [0.1, 0.15) is 48.4 Å². The summed E-state index contributed by atoms with van der Waals surface area (Å²) >= 11 is 0. The number of carbonyl (C=O) groups excluding carboxylic acids is 1. The number of ether oxygens (including phenoxy) is 2. The van der Waals surface area contributed by atoms with Gasteiger partial charge >= 0.3 is 0 Å². The molecule has 0 aliphatic rings. The lowest BCUT2D eigenvalue weighted by Crippen LogP contribution is -2.13. The number of hydrogen-bond acceptors (Lipinski definition) is 3. The number of aromatic nitrogens is 1. The lowest BCUT2D eigenvalue weighted by Gasteiger charge is -2.06. The van der Waals surface area contributed by atoms with Gasteiger partial charge in [-0.3, -0.25) is 4.79 Å². The van der Waals surface area contributed by atoms with Crippen LogP contribution in [0.3, 0.4) is 0 Å². The Balaban J connectivity index is 2.33. The minimum Gasteiger partial charge on any atom is -0.379 e. The summed E-state index contributed by atoms with van der Waals surface area (Å²) in [6.45, 7) is 11.0. The van der Waals surface area contributed by atoms with Crippen molar-refractivity contribution in [2.45, 2.75) is 47.1 Å². The fraction of sp³-hybridized carbons (Fsp3) is 0.688. The Morgan fingerprint density at radius 2 is 1.85 bits per heavy atom. The van der Waals surface area contributed by atoms with Gasteiger partial charge in [0.25, 0.3) is 0 Å². The molecule has 0 bridgehead atoms. The van der Waals surface area contributed by atoms with E-state index in [-0.39, 0.29) is 12.4 Å². The molecule has 1 aromatic rings. The van der Waals surface area contributed by atoms with Crippen molar-refractivity contribution in [3.8, 4) is 0 Å². The van der Waals surface area contributed by atoms with Gasteiger partial charge in [-0.2, -0.15) is 0 Å². The van der Waals surface area contributed by atoms with Crippen LogP contribution in [0.5, 0.6) is 0 Å². The Morgan fingerprint density at radius 1 is 1.15 bits per heavy atom. The van der Waals surface area contributed by atoms with Crippen LogP contribution in [0.15, 0.2) is 6.07 Å². The number of hydrogen-bond donors (Lipinski definition) is 0. The fourth-order valence-electron chi connectivity index (χ4n) is 2.28. The van der Waals surface area contributed by atoms with Gasteiger partial charge in [-0.1, -0.05) is 13.3 Å². The van der Waals surface area contributed by atoms with E-state index in [4.69, 9.17) is 9.47 Å². The average Bonchev–Trinajstić information content (AvgIpc) is 2.72. The molecule has 0 unspecified atom stereocenters. The highest BCUT2D eigenvalue weighted by atomic mass is 16.5. The largest absolute Gasteiger partial charge is 0.379 e. The summed E-state index contributed by atoms with van der Waals surface area (Å²) in [5.41, 5.74) is 2.92. The SMILES string of the molecule is CCCCOCCOCC(=O)c1cc(C)n(CC)c1C. The lowest BCUT2D eigenvalue weighted by molar-refractivity contribution is 0.0432. The van der Waals surface area contributed by atoms with E-state index in [0.29, 0.717) is 13.2 Å². The van der Waals surface area contributed by atoms with Crippen molar-refractivity contribution in [2.75, 3.05) is 26.4 Å². The van der Waals surface area contributed by atoms with Crippen LogP contribution in [-0.4, -0.2) is 36.8 Å². The van der Waals surface area contributed by atoms with Gasteiger partial charge in [0.05, 0.1) is 13.2 Å². The molecule has 0 fully saturated rings. The smallest absolute Gasteiger partial charge is 0.190 e. The molecule has 0 radical (unpaired) electrons. The van der Waals surface area contributed by atoms with Gasteiger partial charge < -0.3 is 14.0 Å². The van der Waals surface area contributed by atoms with Gasteiger partial charge in [-0.05, 0) is 33.3 Å². The molecule has 4 nitrogen and oxygen atoms in total. The summed E-state index contributed by atoms with van der Waals surface area (Å²) < 4.78 is 12.9. The van der Waals surface area contributed by atoms with Crippen LogP contribution in [0.4, 0.5) is 0 Å². The van der Waals surface area contributed by atoms with Crippen molar-refractivity contribution < 1.29 is 14.3 Å². The van der Waals surface area contributed by atoms with E-state index >= 15 is 0 Å². The Kier molecular flexibility index (Phi) is 7.55. The third-order valence-electron chi connectivity index (χ3n) is 3.44. The third kappa shape index (κ3) is 4.76. The van der Waals surface area contributed by atoms with E-state index in [1.54, 1.807) is 0 Å². The molecule has 0 aromatic carbocycles. The summed E-state index contributed by atoms with van der Waals surface area (Å²) in [6, 6.07) is 1.95. The minimum atomic E-state index is 0.0476. The van der Waals surface area contributed by atoms with E-state index in [2.05, 4.69) is 18.4 Å². The minimum absolute atomic E-state index is 0.0476. The zero-order chi connectivity index (χ0) is 15.0. The summed E-state index contributed by atoms with van der Waals surface area (Å²) in [6.07, 6.45) is 2.20. The molecule has 0 N–H and O–H groups in total. The summed E-state index contributed by atoms with van der Waals surface area (Å²) in [4.78, 5) is 12.1. The first-order chi connectivity index (χ1) is 9.61. The quantitative estimate of drug-likeness (QED) is 0.488. The normalized spacial score (nSPS) is 11.0. The molecule has 0 spiro atoms. The van der Waals surface area contributed by atoms with Crippen molar-refractivity contribution in [3.05, 3.63) is 23.0 Å². The first-order valence-electron chi connectivity index (χ1n) is 7.47. The molecule has 0 aliphatic heterocycles. The molecule has 1 heterocycles. The van der Waals surface area contributed by atoms with E-state index in [0.717, 1.165) is 42.9 Å². The van der Waals surface area contributed by atoms with E-state index in [1.807, 2.05) is 19.9 Å². The van der Waals surface area contributed by atoms with Crippen molar-refractivity contribution in [2.24, 2.45) is 0 Å². The van der Waals surface area contributed by atoms with Crippen LogP contribution in [0, 0.1) is 13.8 Å².